The highest BCUT2D eigenvalue weighted by Gasteiger charge is 2.12. The smallest absolute Gasteiger partial charge is 0.255 e. The zero-order chi connectivity index (χ0) is 14.0. The van der Waals surface area contributed by atoms with Crippen molar-refractivity contribution in [2.75, 3.05) is 5.32 Å². The van der Waals surface area contributed by atoms with E-state index in [0.29, 0.717) is 5.56 Å². The summed E-state index contributed by atoms with van der Waals surface area (Å²) in [6, 6.07) is 8.11. The van der Waals surface area contributed by atoms with Crippen LogP contribution in [-0.4, -0.2) is 16.1 Å². The highest BCUT2D eigenvalue weighted by Crippen LogP contribution is 2.26. The maximum atomic E-state index is 13.6. The van der Waals surface area contributed by atoms with Gasteiger partial charge in [0.05, 0.1) is 5.69 Å². The van der Waals surface area contributed by atoms with Gasteiger partial charge in [-0.3, -0.25) is 4.79 Å². The van der Waals surface area contributed by atoms with Gasteiger partial charge in [-0.1, -0.05) is 12.1 Å². The molecule has 0 aliphatic heterocycles. The first-order valence-electron chi connectivity index (χ1n) is 5.57. The molecule has 0 saturated carbocycles. The van der Waals surface area contributed by atoms with Crippen molar-refractivity contribution in [3.63, 3.8) is 0 Å². The van der Waals surface area contributed by atoms with Gasteiger partial charge >= 0.3 is 0 Å². The van der Waals surface area contributed by atoms with Crippen LogP contribution in [0.5, 0.6) is 11.5 Å². The van der Waals surface area contributed by atoms with Crippen molar-refractivity contribution in [1.82, 2.24) is 0 Å². The summed E-state index contributed by atoms with van der Waals surface area (Å²) in [6.45, 7) is 1.67. The Morgan fingerprint density at radius 1 is 1.16 bits per heavy atom. The average Bonchev–Trinajstić information content (AvgIpc) is 2.37. The van der Waals surface area contributed by atoms with E-state index in [1.54, 1.807) is 19.1 Å². The largest absolute Gasteiger partial charge is 0.504 e. The Morgan fingerprint density at radius 3 is 2.53 bits per heavy atom. The predicted octanol–water partition coefficient (Wildman–Crippen LogP) is 2.80. The molecule has 2 rings (SSSR count). The Hall–Kier alpha value is -2.56. The number of phenolic OH excluding ortho intramolecular Hbond substituents is 2. The first-order chi connectivity index (χ1) is 8.99. The van der Waals surface area contributed by atoms with Crippen LogP contribution in [0.1, 0.15) is 15.9 Å². The van der Waals surface area contributed by atoms with Gasteiger partial charge in [0.1, 0.15) is 5.82 Å². The quantitative estimate of drug-likeness (QED) is 0.728. The van der Waals surface area contributed by atoms with E-state index in [2.05, 4.69) is 5.32 Å². The predicted molar refractivity (Wildman–Crippen MR) is 68.9 cm³/mol. The first kappa shape index (κ1) is 12.9. The lowest BCUT2D eigenvalue weighted by atomic mass is 10.1. The molecular formula is C14H12FNO3. The highest BCUT2D eigenvalue weighted by molar-refractivity contribution is 6.05. The van der Waals surface area contributed by atoms with Crippen molar-refractivity contribution in [2.45, 2.75) is 6.92 Å². The van der Waals surface area contributed by atoms with Crippen molar-refractivity contribution < 1.29 is 19.4 Å². The van der Waals surface area contributed by atoms with Crippen LogP contribution in [-0.2, 0) is 0 Å². The summed E-state index contributed by atoms with van der Waals surface area (Å²) in [6.07, 6.45) is 0. The van der Waals surface area contributed by atoms with Crippen LogP contribution in [0.3, 0.4) is 0 Å². The number of nitrogens with one attached hydrogen (secondary N) is 1. The fraction of sp³-hybridized carbons (Fsp3) is 0.0714. The zero-order valence-corrected chi connectivity index (χ0v) is 10.1. The Balaban J connectivity index is 2.28. The second-order valence-corrected chi connectivity index (χ2v) is 4.09. The molecule has 0 aromatic heterocycles. The molecule has 2 aromatic rings. The topological polar surface area (TPSA) is 69.6 Å². The average molecular weight is 261 g/mol. The molecule has 2 aromatic carbocycles. The second-order valence-electron chi connectivity index (χ2n) is 4.09. The minimum absolute atomic E-state index is 0.0973. The van der Waals surface area contributed by atoms with Crippen LogP contribution < -0.4 is 5.32 Å². The van der Waals surface area contributed by atoms with Crippen LogP contribution in [0.2, 0.25) is 0 Å². The standard InChI is InChI=1S/C14H12FNO3/c1-8-3-2-4-10(15)13(8)16-14(19)9-5-6-11(17)12(18)7-9/h2-7,17-18H,1H3,(H,16,19). The second kappa shape index (κ2) is 4.97. The molecule has 0 aliphatic rings. The third-order valence-corrected chi connectivity index (χ3v) is 2.70. The van der Waals surface area contributed by atoms with Gasteiger partial charge in [0.25, 0.3) is 5.91 Å². The summed E-state index contributed by atoms with van der Waals surface area (Å²) in [7, 11) is 0. The molecule has 0 saturated heterocycles. The highest BCUT2D eigenvalue weighted by atomic mass is 19.1. The van der Waals surface area contributed by atoms with E-state index < -0.39 is 17.5 Å². The molecule has 0 radical (unpaired) electrons. The van der Waals surface area contributed by atoms with Gasteiger partial charge in [-0.2, -0.15) is 0 Å². The van der Waals surface area contributed by atoms with Gasteiger partial charge < -0.3 is 15.5 Å². The molecule has 98 valence electrons. The molecule has 5 heteroatoms. The molecule has 3 N–H and O–H groups in total. The monoisotopic (exact) mass is 261 g/mol. The number of hydrogen-bond acceptors (Lipinski definition) is 3. The van der Waals surface area contributed by atoms with E-state index in [0.717, 1.165) is 6.07 Å². The lowest BCUT2D eigenvalue weighted by molar-refractivity contribution is 0.102. The van der Waals surface area contributed by atoms with Crippen LogP contribution >= 0.6 is 0 Å². The third kappa shape index (κ3) is 2.65. The number of carbonyl (C=O) groups is 1. The summed E-state index contributed by atoms with van der Waals surface area (Å²) >= 11 is 0. The van der Waals surface area contributed by atoms with Gasteiger partial charge in [0.2, 0.25) is 0 Å². The van der Waals surface area contributed by atoms with E-state index >= 15 is 0 Å². The number of aromatic hydroxyl groups is 2. The molecule has 0 atom stereocenters. The van der Waals surface area contributed by atoms with Crippen molar-refractivity contribution in [1.29, 1.82) is 0 Å². The van der Waals surface area contributed by atoms with E-state index in [4.69, 9.17) is 5.11 Å². The van der Waals surface area contributed by atoms with E-state index in [1.807, 2.05) is 0 Å². The van der Waals surface area contributed by atoms with E-state index in [-0.39, 0.29) is 17.0 Å². The van der Waals surface area contributed by atoms with Gasteiger partial charge in [-0.15, -0.1) is 0 Å². The summed E-state index contributed by atoms with van der Waals surface area (Å²) in [5.41, 5.74) is 0.814. The Labute approximate surface area is 109 Å². The Bertz CT molecular complexity index is 620. The van der Waals surface area contributed by atoms with Crippen molar-refractivity contribution in [3.05, 3.63) is 53.3 Å². The SMILES string of the molecule is Cc1cccc(F)c1NC(=O)c1ccc(O)c(O)c1. The van der Waals surface area contributed by atoms with Crippen LogP contribution in [0.4, 0.5) is 10.1 Å². The summed E-state index contributed by atoms with van der Waals surface area (Å²) in [5.74, 6) is -1.82. The summed E-state index contributed by atoms with van der Waals surface area (Å²) < 4.78 is 13.6. The molecule has 0 fully saturated rings. The van der Waals surface area contributed by atoms with Crippen molar-refractivity contribution in [2.24, 2.45) is 0 Å². The number of para-hydroxylation sites is 1. The maximum absolute atomic E-state index is 13.6. The fourth-order valence-electron chi connectivity index (χ4n) is 1.64. The molecule has 4 nitrogen and oxygen atoms in total. The minimum atomic E-state index is -0.566. The lowest BCUT2D eigenvalue weighted by Crippen LogP contribution is -2.13. The van der Waals surface area contributed by atoms with Gasteiger partial charge in [-0.05, 0) is 36.8 Å². The Morgan fingerprint density at radius 2 is 1.89 bits per heavy atom. The number of anilines is 1. The summed E-state index contributed by atoms with van der Waals surface area (Å²) in [4.78, 5) is 11.9. The van der Waals surface area contributed by atoms with Crippen LogP contribution in [0.15, 0.2) is 36.4 Å². The molecular weight excluding hydrogens is 249 g/mol. The van der Waals surface area contributed by atoms with E-state index in [1.165, 1.54) is 18.2 Å². The number of phenols is 2. The van der Waals surface area contributed by atoms with Gasteiger partial charge in [0, 0.05) is 5.56 Å². The number of halogens is 1. The number of carbonyl (C=O) groups excluding carboxylic acids is 1. The third-order valence-electron chi connectivity index (χ3n) is 2.70. The number of rotatable bonds is 2. The summed E-state index contributed by atoms with van der Waals surface area (Å²) in [5, 5.41) is 20.9. The molecule has 0 spiro atoms. The molecule has 0 unspecified atom stereocenters. The number of benzene rings is 2. The molecule has 0 heterocycles. The molecule has 0 aliphatic carbocycles. The van der Waals surface area contributed by atoms with Crippen LogP contribution in [0.25, 0.3) is 0 Å². The maximum Gasteiger partial charge on any atom is 0.255 e. The van der Waals surface area contributed by atoms with Gasteiger partial charge in [-0.25, -0.2) is 4.39 Å². The molecule has 0 bridgehead atoms. The molecule has 19 heavy (non-hydrogen) atoms. The van der Waals surface area contributed by atoms with Crippen molar-refractivity contribution >= 4 is 11.6 Å². The normalized spacial score (nSPS) is 10.2. The lowest BCUT2D eigenvalue weighted by Gasteiger charge is -2.09. The van der Waals surface area contributed by atoms with E-state index in [9.17, 15) is 14.3 Å². The van der Waals surface area contributed by atoms with Crippen molar-refractivity contribution in [3.8, 4) is 11.5 Å². The number of hydrogen-bond donors (Lipinski definition) is 3. The van der Waals surface area contributed by atoms with Gasteiger partial charge in [0.15, 0.2) is 11.5 Å². The molecule has 1 amide bonds. The first-order valence-corrected chi connectivity index (χ1v) is 5.57. The fourth-order valence-corrected chi connectivity index (χ4v) is 1.64. The van der Waals surface area contributed by atoms with Crippen LogP contribution in [0, 0.1) is 12.7 Å². The zero-order valence-electron chi connectivity index (χ0n) is 10.1. The Kier molecular flexibility index (Phi) is 3.37. The minimum Gasteiger partial charge on any atom is -0.504 e. The number of amides is 1. The number of aryl methyl sites for hydroxylation is 1.